The number of hydrogen-bond donors (Lipinski definition) is 0. The van der Waals surface area contributed by atoms with Crippen LogP contribution in [0.2, 0.25) is 0 Å². The molecule has 0 saturated heterocycles. The zero-order valence-corrected chi connectivity index (χ0v) is 32.0. The smallest absolute Gasteiger partial charge is 0.0714 e. The standard InChI is InChI=1S/C55H40N2/c1-54(2)49-30-27-42(34-48(49)47-32-38-18-12-13-19-39(38)33-51(47)54)57(44-28-31-53(56-36-44)37-16-6-3-7-17-37)43-26-29-46-45-24-14-15-25-50(45)55(52(46)35-43,40-20-8-4-9-21-40)41-22-10-5-11-23-41/h3-36H,1-2H3. The van der Waals surface area contributed by atoms with Gasteiger partial charge in [-0.05, 0) is 115 Å². The van der Waals surface area contributed by atoms with Crippen molar-refractivity contribution in [2.75, 3.05) is 4.90 Å². The Hall–Kier alpha value is -7.03. The molecule has 0 fully saturated rings. The topological polar surface area (TPSA) is 16.1 Å². The van der Waals surface area contributed by atoms with Gasteiger partial charge in [-0.2, -0.15) is 0 Å². The number of pyridine rings is 1. The third kappa shape index (κ3) is 5.00. The highest BCUT2D eigenvalue weighted by Gasteiger charge is 2.46. The molecular weight excluding hydrogens is 689 g/mol. The van der Waals surface area contributed by atoms with E-state index in [1.807, 2.05) is 12.3 Å². The fourth-order valence-corrected chi connectivity index (χ4v) is 9.88. The van der Waals surface area contributed by atoms with Crippen molar-refractivity contribution in [3.63, 3.8) is 0 Å². The molecule has 9 aromatic rings. The van der Waals surface area contributed by atoms with E-state index in [4.69, 9.17) is 4.98 Å². The monoisotopic (exact) mass is 728 g/mol. The lowest BCUT2D eigenvalue weighted by atomic mass is 9.67. The highest BCUT2D eigenvalue weighted by atomic mass is 15.1. The Labute approximate surface area is 334 Å². The predicted octanol–water partition coefficient (Wildman–Crippen LogP) is 14.0. The van der Waals surface area contributed by atoms with Crippen molar-refractivity contribution >= 4 is 27.8 Å². The summed E-state index contributed by atoms with van der Waals surface area (Å²) in [5, 5.41) is 2.54. The van der Waals surface area contributed by atoms with Crippen LogP contribution in [0.4, 0.5) is 17.1 Å². The van der Waals surface area contributed by atoms with Crippen molar-refractivity contribution in [2.24, 2.45) is 0 Å². The Bertz CT molecular complexity index is 2930. The van der Waals surface area contributed by atoms with Gasteiger partial charge >= 0.3 is 0 Å². The normalized spacial score (nSPS) is 14.1. The Morgan fingerprint density at radius 1 is 0.386 bits per heavy atom. The first-order valence-electron chi connectivity index (χ1n) is 19.9. The second-order valence-corrected chi connectivity index (χ2v) is 16.0. The third-order valence-electron chi connectivity index (χ3n) is 12.6. The summed E-state index contributed by atoms with van der Waals surface area (Å²) < 4.78 is 0. The van der Waals surface area contributed by atoms with Gasteiger partial charge in [0.15, 0.2) is 0 Å². The summed E-state index contributed by atoms with van der Waals surface area (Å²) in [6, 6.07) is 73.5. The summed E-state index contributed by atoms with van der Waals surface area (Å²) in [5.74, 6) is 0. The van der Waals surface area contributed by atoms with E-state index in [1.54, 1.807) is 0 Å². The van der Waals surface area contributed by atoms with Gasteiger partial charge in [-0.1, -0.05) is 166 Å². The molecule has 2 heteroatoms. The van der Waals surface area contributed by atoms with Crippen LogP contribution in [0, 0.1) is 0 Å². The molecule has 2 aliphatic carbocycles. The fraction of sp³-hybridized carbons (Fsp3) is 0.0727. The van der Waals surface area contributed by atoms with Crippen LogP contribution in [0.5, 0.6) is 0 Å². The highest BCUT2D eigenvalue weighted by Crippen LogP contribution is 2.58. The predicted molar refractivity (Wildman–Crippen MR) is 237 cm³/mol. The van der Waals surface area contributed by atoms with Gasteiger partial charge in [0, 0.05) is 22.4 Å². The van der Waals surface area contributed by atoms with Crippen LogP contribution < -0.4 is 4.90 Å². The van der Waals surface area contributed by atoms with Crippen molar-refractivity contribution in [3.05, 3.63) is 240 Å². The molecule has 57 heavy (non-hydrogen) atoms. The van der Waals surface area contributed by atoms with Crippen LogP contribution >= 0.6 is 0 Å². The first-order chi connectivity index (χ1) is 28.0. The Kier molecular flexibility index (Phi) is 7.46. The lowest BCUT2D eigenvalue weighted by Gasteiger charge is -2.35. The van der Waals surface area contributed by atoms with E-state index in [2.05, 4.69) is 213 Å². The van der Waals surface area contributed by atoms with E-state index in [9.17, 15) is 0 Å². The molecule has 8 aromatic carbocycles. The van der Waals surface area contributed by atoms with Crippen molar-refractivity contribution < 1.29 is 0 Å². The van der Waals surface area contributed by atoms with E-state index in [0.717, 1.165) is 28.3 Å². The van der Waals surface area contributed by atoms with Crippen LogP contribution in [-0.2, 0) is 10.8 Å². The van der Waals surface area contributed by atoms with Gasteiger partial charge in [0.1, 0.15) is 0 Å². The zero-order valence-electron chi connectivity index (χ0n) is 32.0. The summed E-state index contributed by atoms with van der Waals surface area (Å²) in [7, 11) is 0. The fourth-order valence-electron chi connectivity index (χ4n) is 9.88. The second kappa shape index (κ2) is 12.8. The van der Waals surface area contributed by atoms with E-state index >= 15 is 0 Å². The van der Waals surface area contributed by atoms with Crippen LogP contribution in [0.3, 0.4) is 0 Å². The molecule has 2 aliphatic rings. The Morgan fingerprint density at radius 2 is 0.947 bits per heavy atom. The summed E-state index contributed by atoms with van der Waals surface area (Å²) in [6.45, 7) is 4.72. The molecule has 0 saturated carbocycles. The molecule has 0 radical (unpaired) electrons. The molecule has 2 nitrogen and oxygen atoms in total. The van der Waals surface area contributed by atoms with Gasteiger partial charge in [-0.3, -0.25) is 4.98 Å². The number of nitrogens with zero attached hydrogens (tertiary/aromatic N) is 2. The molecule has 0 bridgehead atoms. The minimum atomic E-state index is -0.506. The lowest BCUT2D eigenvalue weighted by Crippen LogP contribution is -2.28. The molecule has 0 aliphatic heterocycles. The average Bonchev–Trinajstić information content (AvgIpc) is 3.69. The van der Waals surface area contributed by atoms with Crippen LogP contribution in [-0.4, -0.2) is 4.98 Å². The molecule has 0 spiro atoms. The van der Waals surface area contributed by atoms with Crippen LogP contribution in [0.15, 0.2) is 206 Å². The molecular formula is C55H40N2. The van der Waals surface area contributed by atoms with Gasteiger partial charge in [0.05, 0.1) is 23.0 Å². The number of fused-ring (bicyclic) bond motifs is 7. The minimum absolute atomic E-state index is 0.124. The Balaban J connectivity index is 1.15. The van der Waals surface area contributed by atoms with Gasteiger partial charge in [0.25, 0.3) is 0 Å². The van der Waals surface area contributed by atoms with E-state index in [1.165, 1.54) is 66.4 Å². The maximum atomic E-state index is 5.07. The minimum Gasteiger partial charge on any atom is -0.309 e. The molecule has 1 aromatic heterocycles. The van der Waals surface area contributed by atoms with Crippen molar-refractivity contribution in [3.8, 4) is 33.5 Å². The summed E-state index contributed by atoms with van der Waals surface area (Å²) in [4.78, 5) is 7.47. The van der Waals surface area contributed by atoms with E-state index in [-0.39, 0.29) is 5.41 Å². The number of anilines is 3. The van der Waals surface area contributed by atoms with Crippen molar-refractivity contribution in [1.29, 1.82) is 0 Å². The number of hydrogen-bond acceptors (Lipinski definition) is 2. The van der Waals surface area contributed by atoms with Crippen molar-refractivity contribution in [1.82, 2.24) is 4.98 Å². The van der Waals surface area contributed by atoms with Gasteiger partial charge < -0.3 is 4.90 Å². The summed E-state index contributed by atoms with van der Waals surface area (Å²) in [5.41, 5.74) is 17.6. The lowest BCUT2D eigenvalue weighted by molar-refractivity contribution is 0.661. The van der Waals surface area contributed by atoms with Gasteiger partial charge in [-0.15, -0.1) is 0 Å². The maximum Gasteiger partial charge on any atom is 0.0714 e. The molecule has 0 atom stereocenters. The quantitative estimate of drug-likeness (QED) is 0.169. The summed E-state index contributed by atoms with van der Waals surface area (Å²) >= 11 is 0. The van der Waals surface area contributed by atoms with Gasteiger partial charge in [-0.25, -0.2) is 0 Å². The molecule has 270 valence electrons. The van der Waals surface area contributed by atoms with Gasteiger partial charge in [0.2, 0.25) is 0 Å². The highest BCUT2D eigenvalue weighted by molar-refractivity contribution is 5.95. The first-order valence-corrected chi connectivity index (χ1v) is 19.9. The molecule has 0 amide bonds. The Morgan fingerprint density at radius 3 is 1.65 bits per heavy atom. The maximum absolute atomic E-state index is 5.07. The van der Waals surface area contributed by atoms with E-state index < -0.39 is 5.41 Å². The molecule has 11 rings (SSSR count). The SMILES string of the molecule is CC1(C)c2ccc(N(c3ccc(-c4ccccc4)nc3)c3ccc4c(c3)C(c3ccccc3)(c3ccccc3)c3ccccc3-4)cc2-c2cc3ccccc3cc21. The average molecular weight is 729 g/mol. The number of benzene rings is 8. The number of aromatic nitrogens is 1. The molecule has 0 N–H and O–H groups in total. The summed E-state index contributed by atoms with van der Waals surface area (Å²) in [6.07, 6.45) is 2.03. The van der Waals surface area contributed by atoms with E-state index in [0.29, 0.717) is 0 Å². The third-order valence-corrected chi connectivity index (χ3v) is 12.6. The molecule has 1 heterocycles. The van der Waals surface area contributed by atoms with Crippen molar-refractivity contribution in [2.45, 2.75) is 24.7 Å². The first kappa shape index (κ1) is 33.3. The largest absolute Gasteiger partial charge is 0.309 e. The van der Waals surface area contributed by atoms with Crippen LogP contribution in [0.1, 0.15) is 47.2 Å². The number of rotatable bonds is 6. The second-order valence-electron chi connectivity index (χ2n) is 16.0. The van der Waals surface area contributed by atoms with Crippen LogP contribution in [0.25, 0.3) is 44.3 Å². The zero-order chi connectivity index (χ0) is 38.1. The molecule has 0 unspecified atom stereocenters.